The normalized spacial score (nSPS) is 24.2. The van der Waals surface area contributed by atoms with Crippen LogP contribution >= 0.6 is 0 Å². The molecule has 14 heteroatoms. The van der Waals surface area contributed by atoms with Gasteiger partial charge in [-0.3, -0.25) is 4.79 Å². The molecule has 2 fully saturated rings. The lowest BCUT2D eigenvalue weighted by molar-refractivity contribution is -0.332. The Kier molecular flexibility index (Phi) is 48.1. The molecule has 0 radical (unpaired) electrons. The Bertz CT molecular complexity index is 1450. The SMILES string of the molecule is CCCCCCC/C=C\C/C=C\CCCCCCCCCCCCCCCCOCC(COC1OC(COC2OC(CO)C(O)C(O)C2O)C(O)C(O)C1O)OC(=O)CCCCCCCCCCC/C=C\CCCCCCCC. The van der Waals surface area contributed by atoms with Gasteiger partial charge in [0, 0.05) is 13.0 Å². The average molecular weight is 1130 g/mol. The smallest absolute Gasteiger partial charge is 0.306 e. The Balaban J connectivity index is 1.66. The molecule has 0 aliphatic carbocycles. The van der Waals surface area contributed by atoms with E-state index in [4.69, 9.17) is 28.4 Å². The Morgan fingerprint density at radius 1 is 0.418 bits per heavy atom. The number of unbranched alkanes of at least 4 members (excludes halogenated alkanes) is 34. The molecule has 2 heterocycles. The molecule has 11 atom stereocenters. The van der Waals surface area contributed by atoms with Crippen molar-refractivity contribution < 1.29 is 69.0 Å². The zero-order chi connectivity index (χ0) is 57.2. The maximum atomic E-state index is 13.1. The summed E-state index contributed by atoms with van der Waals surface area (Å²) in [5.74, 6) is -0.374. The maximum absolute atomic E-state index is 13.1. The molecule has 2 aliphatic heterocycles. The van der Waals surface area contributed by atoms with Crippen LogP contribution in [0, 0.1) is 0 Å². The minimum atomic E-state index is -1.71. The van der Waals surface area contributed by atoms with Crippen LogP contribution in [-0.4, -0.2) is 142 Å². The van der Waals surface area contributed by atoms with E-state index >= 15 is 0 Å². The summed E-state index contributed by atoms with van der Waals surface area (Å²) in [6, 6.07) is 0. The van der Waals surface area contributed by atoms with E-state index in [2.05, 4.69) is 50.3 Å². The molecule has 0 saturated carbocycles. The van der Waals surface area contributed by atoms with Crippen LogP contribution in [0.25, 0.3) is 0 Å². The van der Waals surface area contributed by atoms with Gasteiger partial charge in [0.2, 0.25) is 0 Å². The van der Waals surface area contributed by atoms with E-state index in [1.165, 1.54) is 199 Å². The number of allylic oxidation sites excluding steroid dienone is 6. The lowest BCUT2D eigenvalue weighted by atomic mass is 9.98. The van der Waals surface area contributed by atoms with Gasteiger partial charge < -0.3 is 64.2 Å². The predicted octanol–water partition coefficient (Wildman–Crippen LogP) is 12.9. The second-order valence-corrected chi connectivity index (χ2v) is 22.9. The molecule has 0 aromatic carbocycles. The maximum Gasteiger partial charge on any atom is 0.306 e. The molecule has 0 aromatic rings. The Hall–Kier alpha value is -1.79. The first-order chi connectivity index (χ1) is 38.6. The molecular formula is C65H120O14. The first-order valence-corrected chi connectivity index (χ1v) is 32.6. The quantitative estimate of drug-likeness (QED) is 0.0172. The third-order valence-electron chi connectivity index (χ3n) is 15.6. The van der Waals surface area contributed by atoms with Crippen molar-refractivity contribution in [1.29, 1.82) is 0 Å². The van der Waals surface area contributed by atoms with Crippen LogP contribution in [0.5, 0.6) is 0 Å². The van der Waals surface area contributed by atoms with E-state index in [0.29, 0.717) is 13.0 Å². The van der Waals surface area contributed by atoms with Gasteiger partial charge in [-0.25, -0.2) is 0 Å². The van der Waals surface area contributed by atoms with E-state index in [1.807, 2.05) is 0 Å². The number of carbonyl (C=O) groups is 1. The van der Waals surface area contributed by atoms with Gasteiger partial charge in [0.15, 0.2) is 12.6 Å². The molecule has 0 bridgehead atoms. The third-order valence-corrected chi connectivity index (χ3v) is 15.6. The first-order valence-electron chi connectivity index (χ1n) is 32.6. The van der Waals surface area contributed by atoms with Crippen molar-refractivity contribution in [3.05, 3.63) is 36.5 Å². The van der Waals surface area contributed by atoms with Gasteiger partial charge in [-0.05, 0) is 70.6 Å². The summed E-state index contributed by atoms with van der Waals surface area (Å²) in [4.78, 5) is 13.1. The highest BCUT2D eigenvalue weighted by Gasteiger charge is 2.47. The van der Waals surface area contributed by atoms with E-state index in [1.54, 1.807) is 0 Å². The summed E-state index contributed by atoms with van der Waals surface area (Å²) < 4.78 is 34.5. The Morgan fingerprint density at radius 3 is 1.23 bits per heavy atom. The Labute approximate surface area is 480 Å². The van der Waals surface area contributed by atoms with Gasteiger partial charge >= 0.3 is 5.97 Å². The summed E-state index contributed by atoms with van der Waals surface area (Å²) >= 11 is 0. The number of hydrogen-bond acceptors (Lipinski definition) is 14. The standard InChI is InChI=1S/C65H120O14/c1-3-5-7-9-11-13-15-17-19-21-23-24-25-26-27-28-29-31-33-35-37-39-41-43-45-47-49-74-51-54(77-57(67)48-46-44-42-40-38-36-34-32-30-22-20-18-16-14-12-10-8-6-4-2)52-75-64-63(73)61(71)59(69)56(79-64)53-76-65-62(72)60(70)58(68)55(50-66)78-65/h15,17-18,20-21,23,54-56,58-66,68-73H,3-14,16,19,22,24-53H2,1-2H3/b17-15-,20-18-,23-21-. The van der Waals surface area contributed by atoms with Gasteiger partial charge in [-0.15, -0.1) is 0 Å². The van der Waals surface area contributed by atoms with Crippen LogP contribution in [0.15, 0.2) is 36.5 Å². The minimum Gasteiger partial charge on any atom is -0.457 e. The van der Waals surface area contributed by atoms with E-state index < -0.39 is 80.7 Å². The van der Waals surface area contributed by atoms with Crippen LogP contribution < -0.4 is 0 Å². The second kappa shape index (κ2) is 51.8. The molecule has 14 nitrogen and oxygen atoms in total. The highest BCUT2D eigenvalue weighted by Crippen LogP contribution is 2.27. The van der Waals surface area contributed by atoms with Crippen LogP contribution in [0.1, 0.15) is 271 Å². The number of rotatable bonds is 54. The molecule has 2 aliphatic rings. The van der Waals surface area contributed by atoms with Gasteiger partial charge in [0.05, 0.1) is 26.4 Å². The fraction of sp³-hybridized carbons (Fsp3) is 0.892. The monoisotopic (exact) mass is 1120 g/mol. The van der Waals surface area contributed by atoms with E-state index in [9.17, 15) is 40.5 Å². The molecule has 0 amide bonds. The summed E-state index contributed by atoms with van der Waals surface area (Å²) in [5, 5.41) is 72.5. The summed E-state index contributed by atoms with van der Waals surface area (Å²) in [7, 11) is 0. The average Bonchev–Trinajstić information content (AvgIpc) is 3.46. The van der Waals surface area contributed by atoms with Gasteiger partial charge in [0.1, 0.15) is 54.9 Å². The summed E-state index contributed by atoms with van der Waals surface area (Å²) in [5.41, 5.74) is 0. The van der Waals surface area contributed by atoms with Crippen molar-refractivity contribution in [3.63, 3.8) is 0 Å². The fourth-order valence-corrected chi connectivity index (χ4v) is 10.4. The highest BCUT2D eigenvalue weighted by molar-refractivity contribution is 5.69. The van der Waals surface area contributed by atoms with Crippen LogP contribution in [0.3, 0.4) is 0 Å². The van der Waals surface area contributed by atoms with Crippen molar-refractivity contribution in [2.45, 2.75) is 338 Å². The first kappa shape index (κ1) is 73.3. The zero-order valence-electron chi connectivity index (χ0n) is 50.1. The highest BCUT2D eigenvalue weighted by atomic mass is 16.7. The van der Waals surface area contributed by atoms with Crippen molar-refractivity contribution in [1.82, 2.24) is 0 Å². The van der Waals surface area contributed by atoms with Gasteiger partial charge in [0.25, 0.3) is 0 Å². The predicted molar refractivity (Wildman–Crippen MR) is 316 cm³/mol. The number of carbonyl (C=O) groups excluding carboxylic acids is 1. The number of esters is 1. The molecule has 11 unspecified atom stereocenters. The van der Waals surface area contributed by atoms with Gasteiger partial charge in [-0.1, -0.05) is 230 Å². The second-order valence-electron chi connectivity index (χ2n) is 22.9. The Morgan fingerprint density at radius 2 is 0.785 bits per heavy atom. The van der Waals surface area contributed by atoms with Crippen molar-refractivity contribution in [2.24, 2.45) is 0 Å². The topological polar surface area (TPSA) is 214 Å². The largest absolute Gasteiger partial charge is 0.457 e. The number of aliphatic hydroxyl groups is 7. The van der Waals surface area contributed by atoms with Crippen molar-refractivity contribution in [2.75, 3.05) is 33.0 Å². The molecule has 2 rings (SSSR count). The molecule has 79 heavy (non-hydrogen) atoms. The third kappa shape index (κ3) is 37.9. The molecule has 2 saturated heterocycles. The summed E-state index contributed by atoms with van der Waals surface area (Å²) in [6.07, 6.45) is 46.4. The molecule has 464 valence electrons. The summed E-state index contributed by atoms with van der Waals surface area (Å²) in [6.45, 7) is 3.72. The molecule has 0 aromatic heterocycles. The van der Waals surface area contributed by atoms with E-state index in [-0.39, 0.29) is 25.6 Å². The number of aliphatic hydroxyl groups excluding tert-OH is 7. The number of ether oxygens (including phenoxy) is 6. The fourth-order valence-electron chi connectivity index (χ4n) is 10.4. The molecule has 0 spiro atoms. The number of hydrogen-bond donors (Lipinski definition) is 7. The van der Waals surface area contributed by atoms with Crippen molar-refractivity contribution >= 4 is 5.97 Å². The molecular weight excluding hydrogens is 1000 g/mol. The lowest BCUT2D eigenvalue weighted by Gasteiger charge is -2.42. The van der Waals surface area contributed by atoms with Crippen LogP contribution in [0.2, 0.25) is 0 Å². The van der Waals surface area contributed by atoms with Gasteiger partial charge in [-0.2, -0.15) is 0 Å². The van der Waals surface area contributed by atoms with E-state index in [0.717, 1.165) is 44.9 Å². The molecule has 7 N–H and O–H groups in total. The van der Waals surface area contributed by atoms with Crippen LogP contribution in [0.4, 0.5) is 0 Å². The lowest BCUT2D eigenvalue weighted by Crippen LogP contribution is -2.61. The zero-order valence-corrected chi connectivity index (χ0v) is 50.1. The van der Waals surface area contributed by atoms with Crippen molar-refractivity contribution in [3.8, 4) is 0 Å². The minimum absolute atomic E-state index is 0.0631. The van der Waals surface area contributed by atoms with Crippen LogP contribution in [-0.2, 0) is 33.2 Å².